The molecule has 0 radical (unpaired) electrons. The van der Waals surface area contributed by atoms with Crippen LogP contribution in [0.3, 0.4) is 0 Å². The quantitative estimate of drug-likeness (QED) is 0.733. The predicted molar refractivity (Wildman–Crippen MR) is 76.5 cm³/mol. The van der Waals surface area contributed by atoms with Crippen molar-refractivity contribution in [1.82, 2.24) is 10.6 Å². The summed E-state index contributed by atoms with van der Waals surface area (Å²) in [5.74, 6) is 2.48. The molecule has 3 heteroatoms. The molecule has 1 aliphatic carbocycles. The van der Waals surface area contributed by atoms with E-state index in [1.165, 1.54) is 25.7 Å². The Bertz CT molecular complexity index is 233. The van der Waals surface area contributed by atoms with Gasteiger partial charge < -0.3 is 10.6 Å². The van der Waals surface area contributed by atoms with Gasteiger partial charge in [0.15, 0.2) is 0 Å². The van der Waals surface area contributed by atoms with Crippen molar-refractivity contribution < 1.29 is 4.79 Å². The fraction of sp³-hybridized carbons (Fsp3) is 0.933. The fourth-order valence-corrected chi connectivity index (χ4v) is 2.49. The normalized spacial score (nSPS) is 24.2. The van der Waals surface area contributed by atoms with Crippen molar-refractivity contribution in [2.75, 3.05) is 19.6 Å². The molecule has 2 N–H and O–H groups in total. The summed E-state index contributed by atoms with van der Waals surface area (Å²) in [6.45, 7) is 8.97. The second kappa shape index (κ2) is 8.52. The van der Waals surface area contributed by atoms with Crippen LogP contribution in [-0.2, 0) is 4.79 Å². The van der Waals surface area contributed by atoms with Crippen LogP contribution in [0.25, 0.3) is 0 Å². The molecule has 0 unspecified atom stereocenters. The van der Waals surface area contributed by atoms with E-state index in [4.69, 9.17) is 0 Å². The first kappa shape index (κ1) is 15.5. The van der Waals surface area contributed by atoms with Crippen LogP contribution in [0.2, 0.25) is 0 Å². The molecule has 0 spiro atoms. The van der Waals surface area contributed by atoms with E-state index in [9.17, 15) is 4.79 Å². The van der Waals surface area contributed by atoms with E-state index in [0.717, 1.165) is 31.3 Å². The highest BCUT2D eigenvalue weighted by Gasteiger charge is 2.17. The zero-order valence-corrected chi connectivity index (χ0v) is 12.3. The lowest BCUT2D eigenvalue weighted by Gasteiger charge is -2.26. The molecule has 1 fully saturated rings. The molecule has 0 aromatic rings. The number of hydrogen-bond donors (Lipinski definition) is 2. The summed E-state index contributed by atoms with van der Waals surface area (Å²) in [7, 11) is 0. The first-order valence-electron chi connectivity index (χ1n) is 7.55. The van der Waals surface area contributed by atoms with Gasteiger partial charge in [0.25, 0.3) is 0 Å². The van der Waals surface area contributed by atoms with Gasteiger partial charge in [-0.25, -0.2) is 0 Å². The van der Waals surface area contributed by atoms with Gasteiger partial charge in [-0.05, 0) is 43.6 Å². The van der Waals surface area contributed by atoms with Crippen molar-refractivity contribution in [1.29, 1.82) is 0 Å². The molecular weight excluding hydrogens is 224 g/mol. The number of amides is 1. The van der Waals surface area contributed by atoms with E-state index in [1.54, 1.807) is 0 Å². The molecule has 0 atom stereocenters. The van der Waals surface area contributed by atoms with Crippen LogP contribution in [0.4, 0.5) is 0 Å². The molecule has 1 aliphatic rings. The highest BCUT2D eigenvalue weighted by Crippen LogP contribution is 2.27. The van der Waals surface area contributed by atoms with E-state index < -0.39 is 0 Å². The van der Waals surface area contributed by atoms with Crippen LogP contribution in [-0.4, -0.2) is 25.5 Å². The van der Waals surface area contributed by atoms with Crippen LogP contribution in [0, 0.1) is 17.8 Å². The maximum Gasteiger partial charge on any atom is 0.233 e. The lowest BCUT2D eigenvalue weighted by Crippen LogP contribution is -2.37. The van der Waals surface area contributed by atoms with E-state index in [-0.39, 0.29) is 5.91 Å². The third-order valence-corrected chi connectivity index (χ3v) is 3.90. The SMILES string of the molecule is CC(C)CCNC(=O)CNCC1CCC(C)CC1. The Morgan fingerprint density at radius 2 is 1.89 bits per heavy atom. The zero-order valence-electron chi connectivity index (χ0n) is 12.3. The molecule has 106 valence electrons. The minimum absolute atomic E-state index is 0.139. The summed E-state index contributed by atoms with van der Waals surface area (Å²) < 4.78 is 0. The summed E-state index contributed by atoms with van der Waals surface area (Å²) in [5, 5.41) is 6.25. The smallest absolute Gasteiger partial charge is 0.233 e. The average molecular weight is 254 g/mol. The van der Waals surface area contributed by atoms with Crippen molar-refractivity contribution in [3.05, 3.63) is 0 Å². The molecular formula is C15H30N2O. The fourth-order valence-electron chi connectivity index (χ4n) is 2.49. The Morgan fingerprint density at radius 1 is 1.22 bits per heavy atom. The largest absolute Gasteiger partial charge is 0.355 e. The molecule has 0 saturated heterocycles. The van der Waals surface area contributed by atoms with Crippen LogP contribution in [0.15, 0.2) is 0 Å². The molecule has 1 saturated carbocycles. The van der Waals surface area contributed by atoms with E-state index in [1.807, 2.05) is 0 Å². The molecule has 0 heterocycles. The Labute approximate surface area is 112 Å². The summed E-state index contributed by atoms with van der Waals surface area (Å²) >= 11 is 0. The molecule has 0 bridgehead atoms. The maximum atomic E-state index is 11.5. The van der Waals surface area contributed by atoms with Gasteiger partial charge in [0, 0.05) is 6.54 Å². The summed E-state index contributed by atoms with van der Waals surface area (Å²) in [4.78, 5) is 11.5. The van der Waals surface area contributed by atoms with E-state index in [2.05, 4.69) is 31.4 Å². The standard InChI is InChI=1S/C15H30N2O/c1-12(2)8-9-17-15(18)11-16-10-14-6-4-13(3)5-7-14/h12-14,16H,4-11H2,1-3H3,(H,17,18). The molecule has 3 nitrogen and oxygen atoms in total. The van der Waals surface area contributed by atoms with Crippen molar-refractivity contribution in [2.24, 2.45) is 17.8 Å². The Hall–Kier alpha value is -0.570. The Kier molecular flexibility index (Phi) is 7.33. The van der Waals surface area contributed by atoms with Crippen molar-refractivity contribution in [3.63, 3.8) is 0 Å². The molecule has 0 aliphatic heterocycles. The summed E-state index contributed by atoms with van der Waals surface area (Å²) in [6.07, 6.45) is 6.42. The number of carbonyl (C=O) groups is 1. The number of carbonyl (C=O) groups excluding carboxylic acids is 1. The Balaban J connectivity index is 1.98. The first-order chi connectivity index (χ1) is 8.58. The van der Waals surface area contributed by atoms with Crippen molar-refractivity contribution in [3.8, 4) is 0 Å². The van der Waals surface area contributed by atoms with Gasteiger partial charge in [0.05, 0.1) is 6.54 Å². The third-order valence-electron chi connectivity index (χ3n) is 3.90. The lowest BCUT2D eigenvalue weighted by atomic mass is 9.83. The lowest BCUT2D eigenvalue weighted by molar-refractivity contribution is -0.120. The maximum absolute atomic E-state index is 11.5. The van der Waals surface area contributed by atoms with Gasteiger partial charge >= 0.3 is 0 Å². The molecule has 0 aromatic carbocycles. The number of nitrogens with one attached hydrogen (secondary N) is 2. The van der Waals surface area contributed by atoms with Gasteiger partial charge in [-0.2, -0.15) is 0 Å². The van der Waals surface area contributed by atoms with Crippen LogP contribution < -0.4 is 10.6 Å². The Morgan fingerprint density at radius 3 is 2.50 bits per heavy atom. The second-order valence-corrected chi connectivity index (χ2v) is 6.29. The highest BCUT2D eigenvalue weighted by atomic mass is 16.1. The predicted octanol–water partition coefficient (Wildman–Crippen LogP) is 2.56. The van der Waals surface area contributed by atoms with E-state index >= 15 is 0 Å². The third kappa shape index (κ3) is 7.00. The van der Waals surface area contributed by atoms with Crippen LogP contribution in [0.1, 0.15) is 52.9 Å². The van der Waals surface area contributed by atoms with Gasteiger partial charge in [-0.3, -0.25) is 4.79 Å². The second-order valence-electron chi connectivity index (χ2n) is 6.29. The number of rotatable bonds is 7. The molecule has 18 heavy (non-hydrogen) atoms. The van der Waals surface area contributed by atoms with Gasteiger partial charge in [0.2, 0.25) is 5.91 Å². The topological polar surface area (TPSA) is 41.1 Å². The highest BCUT2D eigenvalue weighted by molar-refractivity contribution is 5.77. The van der Waals surface area contributed by atoms with Crippen LogP contribution >= 0.6 is 0 Å². The van der Waals surface area contributed by atoms with E-state index in [0.29, 0.717) is 12.5 Å². The number of hydrogen-bond acceptors (Lipinski definition) is 2. The van der Waals surface area contributed by atoms with Crippen molar-refractivity contribution >= 4 is 5.91 Å². The summed E-state index contributed by atoms with van der Waals surface area (Å²) in [5.41, 5.74) is 0. The minimum Gasteiger partial charge on any atom is -0.355 e. The first-order valence-corrected chi connectivity index (χ1v) is 7.55. The van der Waals surface area contributed by atoms with Gasteiger partial charge in [-0.1, -0.05) is 33.6 Å². The molecule has 1 amide bonds. The van der Waals surface area contributed by atoms with Gasteiger partial charge in [-0.15, -0.1) is 0 Å². The van der Waals surface area contributed by atoms with Crippen molar-refractivity contribution in [2.45, 2.75) is 52.9 Å². The summed E-state index contributed by atoms with van der Waals surface area (Å²) in [6, 6.07) is 0. The molecule has 0 aromatic heterocycles. The average Bonchev–Trinajstić information content (AvgIpc) is 2.31. The zero-order chi connectivity index (χ0) is 13.4. The van der Waals surface area contributed by atoms with Crippen LogP contribution in [0.5, 0.6) is 0 Å². The molecule has 1 rings (SSSR count). The monoisotopic (exact) mass is 254 g/mol. The van der Waals surface area contributed by atoms with Gasteiger partial charge in [0.1, 0.15) is 0 Å². The minimum atomic E-state index is 0.139.